The second-order valence-electron chi connectivity index (χ2n) is 6.55. The van der Waals surface area contributed by atoms with E-state index in [0.717, 1.165) is 27.5 Å². The van der Waals surface area contributed by atoms with Crippen LogP contribution in [0.3, 0.4) is 0 Å². The van der Waals surface area contributed by atoms with Crippen molar-refractivity contribution in [3.8, 4) is 11.3 Å². The normalized spacial score (nSPS) is 10.5. The van der Waals surface area contributed by atoms with Gasteiger partial charge in [-0.2, -0.15) is 0 Å². The molecule has 0 atom stereocenters. The van der Waals surface area contributed by atoms with Gasteiger partial charge < -0.3 is 10.2 Å². The molecule has 3 rings (SSSR count). The molecule has 0 bridgehead atoms. The lowest BCUT2D eigenvalue weighted by Crippen LogP contribution is -2.17. The lowest BCUT2D eigenvalue weighted by Gasteiger charge is -2.14. The van der Waals surface area contributed by atoms with Crippen LogP contribution in [0.25, 0.3) is 11.3 Å². The zero-order valence-corrected chi connectivity index (χ0v) is 18.7. The molecule has 3 aromatic rings. The minimum absolute atomic E-state index is 0.108. The fourth-order valence-corrected chi connectivity index (χ4v) is 3.79. The van der Waals surface area contributed by atoms with E-state index in [-0.39, 0.29) is 11.1 Å². The van der Waals surface area contributed by atoms with Crippen molar-refractivity contribution in [3.05, 3.63) is 76.4 Å². The molecule has 29 heavy (non-hydrogen) atoms. The summed E-state index contributed by atoms with van der Waals surface area (Å²) >= 11 is 4.54. The van der Waals surface area contributed by atoms with Crippen LogP contribution in [0, 0.1) is 6.92 Å². The largest absolute Gasteiger partial charge is 0.339 e. The molecule has 148 valence electrons. The molecule has 7 heteroatoms. The first-order valence-electron chi connectivity index (χ1n) is 8.88. The molecule has 0 aliphatic rings. The van der Waals surface area contributed by atoms with Crippen molar-refractivity contribution in [1.29, 1.82) is 0 Å². The lowest BCUT2D eigenvalue weighted by atomic mass is 10.1. The number of thioether (sulfide) groups is 1. The van der Waals surface area contributed by atoms with Crippen LogP contribution in [0.15, 0.2) is 70.0 Å². The van der Waals surface area contributed by atoms with Gasteiger partial charge in [0, 0.05) is 29.0 Å². The van der Waals surface area contributed by atoms with Crippen molar-refractivity contribution in [2.75, 3.05) is 19.4 Å². The third kappa shape index (κ3) is 5.25. The van der Waals surface area contributed by atoms with E-state index in [1.807, 2.05) is 55.5 Å². The van der Waals surface area contributed by atoms with E-state index in [4.69, 9.17) is 0 Å². The molecule has 5 nitrogen and oxygen atoms in total. The number of hydrogen-bond donors (Lipinski definition) is 1. The molecule has 0 aliphatic carbocycles. The summed E-state index contributed by atoms with van der Waals surface area (Å²) in [5.74, 6) is -0.263. The van der Waals surface area contributed by atoms with Crippen LogP contribution in [0.5, 0.6) is 0 Å². The van der Waals surface area contributed by atoms with Crippen molar-refractivity contribution < 1.29 is 9.59 Å². The number of anilines is 1. The van der Waals surface area contributed by atoms with Crippen molar-refractivity contribution in [1.82, 2.24) is 9.88 Å². The molecule has 2 aromatic carbocycles. The molecule has 2 amide bonds. The van der Waals surface area contributed by atoms with Crippen molar-refractivity contribution >= 4 is 44.5 Å². The molecule has 0 saturated heterocycles. The standard InChI is InChI=1S/C22H20BrN3O2S/c1-14-17(11-12-18(24-14)15-7-6-8-16(23)13-15)21(27)25-19-9-4-5-10-20(19)29-22(28)26(2)3/h4-13H,1-3H3,(H,25,27). The average molecular weight is 470 g/mol. The van der Waals surface area contributed by atoms with Gasteiger partial charge in [0.15, 0.2) is 0 Å². The molecular formula is C22H20BrN3O2S. The number of para-hydroxylation sites is 1. The molecule has 1 heterocycles. The van der Waals surface area contributed by atoms with Crippen molar-refractivity contribution in [2.24, 2.45) is 0 Å². The number of carbonyl (C=O) groups is 2. The van der Waals surface area contributed by atoms with Gasteiger partial charge in [-0.05, 0) is 55.1 Å². The summed E-state index contributed by atoms with van der Waals surface area (Å²) in [5.41, 5.74) is 3.48. The maximum atomic E-state index is 12.8. The Hall–Kier alpha value is -2.64. The fraction of sp³-hybridized carbons (Fsp3) is 0.136. The van der Waals surface area contributed by atoms with E-state index in [0.29, 0.717) is 21.8 Å². The van der Waals surface area contributed by atoms with Gasteiger partial charge in [-0.25, -0.2) is 0 Å². The van der Waals surface area contributed by atoms with E-state index >= 15 is 0 Å². The van der Waals surface area contributed by atoms with Crippen LogP contribution in [0.2, 0.25) is 0 Å². The number of nitrogens with one attached hydrogen (secondary N) is 1. The molecule has 0 aliphatic heterocycles. The van der Waals surface area contributed by atoms with Gasteiger partial charge in [0.25, 0.3) is 11.1 Å². The molecule has 0 fully saturated rings. The second-order valence-corrected chi connectivity index (χ2v) is 8.46. The fourth-order valence-electron chi connectivity index (χ4n) is 2.64. The van der Waals surface area contributed by atoms with E-state index in [2.05, 4.69) is 26.2 Å². The number of hydrogen-bond acceptors (Lipinski definition) is 4. The zero-order valence-electron chi connectivity index (χ0n) is 16.3. The molecule has 1 aromatic heterocycles. The Morgan fingerprint density at radius 1 is 1.03 bits per heavy atom. The molecule has 0 spiro atoms. The van der Waals surface area contributed by atoms with Crippen LogP contribution in [-0.4, -0.2) is 35.1 Å². The van der Waals surface area contributed by atoms with E-state index < -0.39 is 0 Å². The third-order valence-electron chi connectivity index (χ3n) is 4.15. The van der Waals surface area contributed by atoms with Crippen molar-refractivity contribution in [2.45, 2.75) is 11.8 Å². The average Bonchev–Trinajstić information content (AvgIpc) is 2.69. The number of rotatable bonds is 4. The van der Waals surface area contributed by atoms with Crippen LogP contribution >= 0.6 is 27.7 Å². The summed E-state index contributed by atoms with van der Waals surface area (Å²) in [6, 6.07) is 18.7. The van der Waals surface area contributed by atoms with Gasteiger partial charge in [-0.15, -0.1) is 0 Å². The summed E-state index contributed by atoms with van der Waals surface area (Å²) in [6.45, 7) is 1.81. The molecule has 1 N–H and O–H groups in total. The molecule has 0 saturated carbocycles. The van der Waals surface area contributed by atoms with Gasteiger partial charge in [-0.1, -0.05) is 40.2 Å². The Kier molecular flexibility index (Phi) is 6.71. The van der Waals surface area contributed by atoms with Crippen molar-refractivity contribution in [3.63, 3.8) is 0 Å². The smallest absolute Gasteiger partial charge is 0.286 e. The SMILES string of the molecule is Cc1nc(-c2cccc(Br)c2)ccc1C(=O)Nc1ccccc1SC(=O)N(C)C. The Balaban J connectivity index is 1.82. The highest BCUT2D eigenvalue weighted by Crippen LogP contribution is 2.29. The number of amides is 2. The highest BCUT2D eigenvalue weighted by Gasteiger charge is 2.16. The summed E-state index contributed by atoms with van der Waals surface area (Å²) < 4.78 is 0.970. The molecule has 0 unspecified atom stereocenters. The predicted octanol–water partition coefficient (Wildman–Crippen LogP) is 5.85. The van der Waals surface area contributed by atoms with Gasteiger partial charge in [0.2, 0.25) is 0 Å². The first-order valence-corrected chi connectivity index (χ1v) is 10.5. The third-order valence-corrected chi connectivity index (χ3v) is 5.76. The predicted molar refractivity (Wildman–Crippen MR) is 121 cm³/mol. The van der Waals surface area contributed by atoms with Crippen LogP contribution in [0.1, 0.15) is 16.1 Å². The Morgan fingerprint density at radius 3 is 2.48 bits per heavy atom. The van der Waals surface area contributed by atoms with Crippen LogP contribution in [-0.2, 0) is 0 Å². The number of aryl methyl sites for hydroxylation is 1. The quantitative estimate of drug-likeness (QED) is 0.487. The number of benzene rings is 2. The number of halogens is 1. The number of carbonyl (C=O) groups excluding carboxylic acids is 2. The van der Waals surface area contributed by atoms with Gasteiger partial charge in [0.05, 0.1) is 22.6 Å². The van der Waals surface area contributed by atoms with Gasteiger partial charge in [-0.3, -0.25) is 14.6 Å². The first-order chi connectivity index (χ1) is 13.8. The minimum Gasteiger partial charge on any atom is -0.339 e. The Morgan fingerprint density at radius 2 is 1.79 bits per heavy atom. The van der Waals surface area contributed by atoms with Gasteiger partial charge >= 0.3 is 0 Å². The molecular weight excluding hydrogens is 450 g/mol. The monoisotopic (exact) mass is 469 g/mol. The highest BCUT2D eigenvalue weighted by atomic mass is 79.9. The Bertz CT molecular complexity index is 1070. The van der Waals surface area contributed by atoms with E-state index in [1.165, 1.54) is 4.90 Å². The maximum absolute atomic E-state index is 12.8. The zero-order chi connectivity index (χ0) is 21.0. The van der Waals surface area contributed by atoms with Crippen LogP contribution in [0.4, 0.5) is 10.5 Å². The minimum atomic E-state index is -0.263. The highest BCUT2D eigenvalue weighted by molar-refractivity contribution is 9.10. The lowest BCUT2D eigenvalue weighted by molar-refractivity contribution is 0.102. The Labute approximate surface area is 182 Å². The second kappa shape index (κ2) is 9.24. The number of pyridine rings is 1. The molecule has 0 radical (unpaired) electrons. The van der Waals surface area contributed by atoms with Crippen LogP contribution < -0.4 is 5.32 Å². The summed E-state index contributed by atoms with van der Waals surface area (Å²) in [7, 11) is 3.39. The summed E-state index contributed by atoms with van der Waals surface area (Å²) in [4.78, 5) is 31.7. The summed E-state index contributed by atoms with van der Waals surface area (Å²) in [6.07, 6.45) is 0. The summed E-state index contributed by atoms with van der Waals surface area (Å²) in [5, 5.41) is 2.79. The van der Waals surface area contributed by atoms with E-state index in [9.17, 15) is 9.59 Å². The number of nitrogens with zero attached hydrogens (tertiary/aromatic N) is 2. The first kappa shape index (κ1) is 21.1. The maximum Gasteiger partial charge on any atom is 0.286 e. The number of aromatic nitrogens is 1. The van der Waals surface area contributed by atoms with Gasteiger partial charge in [0.1, 0.15) is 0 Å². The van der Waals surface area contributed by atoms with E-state index in [1.54, 1.807) is 26.2 Å². The topological polar surface area (TPSA) is 62.3 Å².